The molecule has 0 fully saturated rings. The summed E-state index contributed by atoms with van der Waals surface area (Å²) < 4.78 is 46.5. The Morgan fingerprint density at radius 2 is 1.97 bits per heavy atom. The second kappa shape index (κ2) is 9.42. The summed E-state index contributed by atoms with van der Waals surface area (Å²) in [5.41, 5.74) is 0.592. The van der Waals surface area contributed by atoms with Crippen LogP contribution in [0.4, 0.5) is 13.2 Å². The molecule has 1 aromatic carbocycles. The summed E-state index contributed by atoms with van der Waals surface area (Å²) in [6, 6.07) is 7.84. The Kier molecular flexibility index (Phi) is 6.89. The van der Waals surface area contributed by atoms with Crippen LogP contribution < -0.4 is 10.1 Å². The number of aromatic nitrogens is 4. The Labute approximate surface area is 181 Å². The van der Waals surface area contributed by atoms with E-state index in [-0.39, 0.29) is 31.4 Å². The van der Waals surface area contributed by atoms with E-state index in [9.17, 15) is 18.0 Å². The van der Waals surface area contributed by atoms with Crippen LogP contribution in [0.3, 0.4) is 0 Å². The third kappa shape index (κ3) is 6.00. The van der Waals surface area contributed by atoms with Crippen LogP contribution in [-0.4, -0.2) is 32.0 Å². The lowest BCUT2D eigenvalue weighted by atomic mass is 10.2. The monoisotopic (exact) mass is 455 g/mol. The van der Waals surface area contributed by atoms with E-state index < -0.39 is 11.9 Å². The fourth-order valence-corrected chi connectivity index (χ4v) is 2.92. The Morgan fingerprint density at radius 1 is 1.19 bits per heavy atom. The molecule has 3 rings (SSSR count). The lowest BCUT2D eigenvalue weighted by molar-refractivity contribution is -0.141. The molecule has 0 aliphatic carbocycles. The van der Waals surface area contributed by atoms with Crippen LogP contribution in [0.2, 0.25) is 5.02 Å². The molecule has 0 spiro atoms. The van der Waals surface area contributed by atoms with Gasteiger partial charge in [0.2, 0.25) is 0 Å². The van der Waals surface area contributed by atoms with Crippen molar-refractivity contribution in [1.29, 1.82) is 0 Å². The molecular formula is C20H21ClF3N5O2. The number of amides is 1. The van der Waals surface area contributed by atoms with Gasteiger partial charge in [0, 0.05) is 30.0 Å². The molecule has 11 heteroatoms. The molecule has 0 radical (unpaired) electrons. The molecule has 0 bridgehead atoms. The number of benzene rings is 1. The van der Waals surface area contributed by atoms with Gasteiger partial charge in [-0.2, -0.15) is 23.4 Å². The van der Waals surface area contributed by atoms with Crippen LogP contribution in [0.25, 0.3) is 0 Å². The second-order valence-electron chi connectivity index (χ2n) is 6.93. The zero-order valence-electron chi connectivity index (χ0n) is 16.9. The predicted octanol–water partition coefficient (Wildman–Crippen LogP) is 4.23. The molecule has 1 N–H and O–H groups in total. The number of halogens is 4. The number of hydrogen-bond acceptors (Lipinski definition) is 4. The van der Waals surface area contributed by atoms with Crippen molar-refractivity contribution >= 4 is 17.5 Å². The van der Waals surface area contributed by atoms with E-state index in [1.54, 1.807) is 37.4 Å². The molecule has 1 amide bonds. The number of hydrogen-bond donors (Lipinski definition) is 1. The van der Waals surface area contributed by atoms with E-state index >= 15 is 0 Å². The summed E-state index contributed by atoms with van der Waals surface area (Å²) >= 11 is 5.98. The van der Waals surface area contributed by atoms with Crippen molar-refractivity contribution in [2.75, 3.05) is 6.54 Å². The minimum absolute atomic E-state index is 0.120. The van der Waals surface area contributed by atoms with Crippen LogP contribution >= 0.6 is 11.6 Å². The highest BCUT2D eigenvalue weighted by Gasteiger charge is 2.34. The molecule has 2 heterocycles. The first-order chi connectivity index (χ1) is 14.6. The van der Waals surface area contributed by atoms with Gasteiger partial charge in [0.05, 0.1) is 0 Å². The molecule has 0 aliphatic rings. The molecule has 3 aromatic rings. The van der Waals surface area contributed by atoms with E-state index in [0.29, 0.717) is 22.9 Å². The highest BCUT2D eigenvalue weighted by molar-refractivity contribution is 6.31. The van der Waals surface area contributed by atoms with Gasteiger partial charge < -0.3 is 10.1 Å². The van der Waals surface area contributed by atoms with Gasteiger partial charge in [-0.15, -0.1) is 0 Å². The third-order valence-corrected chi connectivity index (χ3v) is 4.89. The molecule has 2 aromatic heterocycles. The number of carbonyl (C=O) groups is 1. The molecule has 0 aliphatic heterocycles. The van der Waals surface area contributed by atoms with Crippen LogP contribution in [0.5, 0.6) is 5.75 Å². The summed E-state index contributed by atoms with van der Waals surface area (Å²) in [6.07, 6.45) is -2.44. The van der Waals surface area contributed by atoms with Crippen LogP contribution in [-0.2, 0) is 19.5 Å². The van der Waals surface area contributed by atoms with Crippen LogP contribution in [0.15, 0.2) is 36.5 Å². The average Bonchev–Trinajstić information content (AvgIpc) is 3.33. The zero-order chi connectivity index (χ0) is 22.6. The molecular weight excluding hydrogens is 435 g/mol. The van der Waals surface area contributed by atoms with E-state index in [2.05, 4.69) is 15.5 Å². The number of alkyl halides is 3. The first-order valence-corrected chi connectivity index (χ1v) is 9.83. The maximum atomic E-state index is 12.7. The van der Waals surface area contributed by atoms with E-state index in [1.807, 2.05) is 6.92 Å². The fourth-order valence-electron chi connectivity index (χ4n) is 2.80. The molecule has 0 saturated carbocycles. The van der Waals surface area contributed by atoms with Crippen molar-refractivity contribution in [2.24, 2.45) is 0 Å². The molecule has 7 nitrogen and oxygen atoms in total. The summed E-state index contributed by atoms with van der Waals surface area (Å²) in [5.74, 6) is 0.250. The Bertz CT molecular complexity index is 1060. The highest BCUT2D eigenvalue weighted by Crippen LogP contribution is 2.28. The number of ether oxygens (including phenoxy) is 1. The summed E-state index contributed by atoms with van der Waals surface area (Å²) in [4.78, 5) is 12.2. The van der Waals surface area contributed by atoms with Crippen molar-refractivity contribution in [3.8, 4) is 5.75 Å². The smallest absolute Gasteiger partial charge is 0.435 e. The van der Waals surface area contributed by atoms with Crippen molar-refractivity contribution in [3.05, 3.63) is 64.2 Å². The number of carbonyl (C=O) groups excluding carboxylic acids is 1. The van der Waals surface area contributed by atoms with Gasteiger partial charge >= 0.3 is 6.18 Å². The lowest BCUT2D eigenvalue weighted by Crippen LogP contribution is -2.26. The first kappa shape index (κ1) is 22.7. The van der Waals surface area contributed by atoms with Gasteiger partial charge in [0.15, 0.2) is 12.4 Å². The number of nitrogens with one attached hydrogen (secondary N) is 1. The SMILES string of the molecule is Cc1cc(OCn2ccc(C(=O)NCCCn3nc(C(F)(F)F)cc3C)n2)ccc1Cl. The number of aryl methyl sites for hydroxylation is 3. The standard InChI is InChI=1S/C20H21ClF3N5O2/c1-13-10-15(4-5-16(13)21)31-12-28-9-6-17(26-28)19(30)25-7-3-8-29-14(2)11-18(27-29)20(22,23)24/h4-6,9-11H,3,7-8,12H2,1-2H3,(H,25,30). The van der Waals surface area contributed by atoms with E-state index in [1.165, 1.54) is 9.36 Å². The molecule has 166 valence electrons. The molecule has 0 saturated heterocycles. The largest absolute Gasteiger partial charge is 0.471 e. The van der Waals surface area contributed by atoms with Crippen molar-refractivity contribution in [1.82, 2.24) is 24.9 Å². The van der Waals surface area contributed by atoms with Gasteiger partial charge in [-0.05, 0) is 56.2 Å². The molecule has 31 heavy (non-hydrogen) atoms. The summed E-state index contributed by atoms with van der Waals surface area (Å²) in [6.45, 7) is 4.07. The third-order valence-electron chi connectivity index (χ3n) is 4.47. The van der Waals surface area contributed by atoms with Crippen LogP contribution in [0.1, 0.15) is 33.9 Å². The minimum atomic E-state index is -4.47. The Balaban J connectivity index is 1.44. The summed E-state index contributed by atoms with van der Waals surface area (Å²) in [5, 5.41) is 11.1. The normalized spacial score (nSPS) is 11.5. The predicted molar refractivity (Wildman–Crippen MR) is 108 cm³/mol. The van der Waals surface area contributed by atoms with Gasteiger partial charge in [-0.3, -0.25) is 9.48 Å². The first-order valence-electron chi connectivity index (χ1n) is 9.46. The quantitative estimate of drug-likeness (QED) is 0.516. The van der Waals surface area contributed by atoms with Gasteiger partial charge in [-0.25, -0.2) is 4.68 Å². The van der Waals surface area contributed by atoms with Gasteiger partial charge in [0.1, 0.15) is 11.4 Å². The molecule has 0 unspecified atom stereocenters. The lowest BCUT2D eigenvalue weighted by Gasteiger charge is -2.08. The average molecular weight is 456 g/mol. The second-order valence-corrected chi connectivity index (χ2v) is 7.33. The van der Waals surface area contributed by atoms with Crippen molar-refractivity contribution < 1.29 is 22.7 Å². The zero-order valence-corrected chi connectivity index (χ0v) is 17.7. The van der Waals surface area contributed by atoms with E-state index in [0.717, 1.165) is 11.6 Å². The summed E-state index contributed by atoms with van der Waals surface area (Å²) in [7, 11) is 0. The van der Waals surface area contributed by atoms with Gasteiger partial charge in [0.25, 0.3) is 5.91 Å². The van der Waals surface area contributed by atoms with Crippen molar-refractivity contribution in [3.63, 3.8) is 0 Å². The number of nitrogens with zero attached hydrogens (tertiary/aromatic N) is 4. The topological polar surface area (TPSA) is 74.0 Å². The van der Waals surface area contributed by atoms with Gasteiger partial charge in [-0.1, -0.05) is 11.6 Å². The van der Waals surface area contributed by atoms with Crippen molar-refractivity contribution in [2.45, 2.75) is 39.7 Å². The van der Waals surface area contributed by atoms with Crippen LogP contribution in [0, 0.1) is 13.8 Å². The molecule has 0 atom stereocenters. The highest BCUT2D eigenvalue weighted by atomic mass is 35.5. The van der Waals surface area contributed by atoms with E-state index in [4.69, 9.17) is 16.3 Å². The maximum Gasteiger partial charge on any atom is 0.435 e. The fraction of sp³-hybridized carbons (Fsp3) is 0.350. The minimum Gasteiger partial charge on any atom is -0.471 e. The Hall–Kier alpha value is -3.01. The maximum absolute atomic E-state index is 12.7. The number of rotatable bonds is 8. The Morgan fingerprint density at radius 3 is 2.65 bits per heavy atom.